The minimum atomic E-state index is 0.159. The first-order valence-corrected chi connectivity index (χ1v) is 10.3. The normalized spacial score (nSPS) is 10.9. The van der Waals surface area contributed by atoms with E-state index in [0.717, 1.165) is 21.7 Å². The number of carbonyl (C=O) groups is 1. The predicted molar refractivity (Wildman–Crippen MR) is 115 cm³/mol. The molecule has 0 saturated heterocycles. The van der Waals surface area contributed by atoms with E-state index in [1.807, 2.05) is 59.5 Å². The van der Waals surface area contributed by atoms with Gasteiger partial charge in [-0.25, -0.2) is 4.98 Å². The number of fused-ring (bicyclic) bond motifs is 1. The van der Waals surface area contributed by atoms with Crippen molar-refractivity contribution in [3.05, 3.63) is 101 Å². The molecule has 0 radical (unpaired) electrons. The van der Waals surface area contributed by atoms with E-state index in [9.17, 15) is 4.79 Å². The Labute approximate surface area is 169 Å². The van der Waals surface area contributed by atoms with Crippen LogP contribution in [-0.2, 0) is 24.3 Å². The first-order chi connectivity index (χ1) is 13.8. The molecular formula is C24H22N2OS. The minimum absolute atomic E-state index is 0.159. The summed E-state index contributed by atoms with van der Waals surface area (Å²) in [5.74, 6) is 0.159. The smallest absolute Gasteiger partial charge is 0.223 e. The molecule has 4 heteroatoms. The van der Waals surface area contributed by atoms with Gasteiger partial charge in [0.25, 0.3) is 0 Å². The number of nitrogens with zero attached hydrogens (tertiary/aromatic N) is 2. The third-order valence-corrected chi connectivity index (χ3v) is 5.77. The van der Waals surface area contributed by atoms with E-state index in [1.54, 1.807) is 11.3 Å². The lowest BCUT2D eigenvalue weighted by molar-refractivity contribution is -0.132. The van der Waals surface area contributed by atoms with Gasteiger partial charge in [-0.15, -0.1) is 11.3 Å². The van der Waals surface area contributed by atoms with Gasteiger partial charge in [0.15, 0.2) is 0 Å². The highest BCUT2D eigenvalue weighted by atomic mass is 32.1. The van der Waals surface area contributed by atoms with Crippen LogP contribution in [-0.4, -0.2) is 15.8 Å². The summed E-state index contributed by atoms with van der Waals surface area (Å²) >= 11 is 1.68. The molecule has 0 atom stereocenters. The number of benzene rings is 3. The van der Waals surface area contributed by atoms with Crippen molar-refractivity contribution in [1.82, 2.24) is 9.88 Å². The summed E-state index contributed by atoms with van der Waals surface area (Å²) in [6.07, 6.45) is 1.15. The zero-order valence-corrected chi connectivity index (χ0v) is 16.4. The summed E-state index contributed by atoms with van der Waals surface area (Å²) in [4.78, 5) is 19.6. The summed E-state index contributed by atoms with van der Waals surface area (Å²) in [5.41, 5.74) is 3.30. The number of amides is 1. The molecule has 0 saturated carbocycles. The first-order valence-electron chi connectivity index (χ1n) is 9.48. The highest BCUT2D eigenvalue weighted by Crippen LogP contribution is 2.23. The van der Waals surface area contributed by atoms with Crippen LogP contribution >= 0.6 is 11.3 Å². The van der Waals surface area contributed by atoms with Gasteiger partial charge in [0, 0.05) is 25.9 Å². The van der Waals surface area contributed by atoms with Crippen LogP contribution in [0, 0.1) is 0 Å². The largest absolute Gasteiger partial charge is 0.334 e. The van der Waals surface area contributed by atoms with Gasteiger partial charge in [-0.2, -0.15) is 0 Å². The minimum Gasteiger partial charge on any atom is -0.334 e. The molecule has 0 fully saturated rings. The molecule has 0 N–H and O–H groups in total. The second kappa shape index (κ2) is 8.81. The highest BCUT2D eigenvalue weighted by Gasteiger charge is 2.16. The lowest BCUT2D eigenvalue weighted by Gasteiger charge is -2.23. The molecule has 1 aromatic heterocycles. The molecule has 0 aliphatic carbocycles. The van der Waals surface area contributed by atoms with Gasteiger partial charge >= 0.3 is 0 Å². The Morgan fingerprint density at radius 3 is 1.96 bits per heavy atom. The molecule has 28 heavy (non-hydrogen) atoms. The Hall–Kier alpha value is -2.98. The molecule has 1 heterocycles. The van der Waals surface area contributed by atoms with Crippen LogP contribution < -0.4 is 0 Å². The summed E-state index contributed by atoms with van der Waals surface area (Å²) in [6.45, 7) is 1.24. The van der Waals surface area contributed by atoms with Gasteiger partial charge in [0.1, 0.15) is 0 Å². The molecule has 4 rings (SSSR count). The van der Waals surface area contributed by atoms with Crippen molar-refractivity contribution >= 4 is 27.5 Å². The third-order valence-electron chi connectivity index (χ3n) is 4.68. The van der Waals surface area contributed by atoms with Gasteiger partial charge in [0.2, 0.25) is 5.91 Å². The molecule has 3 aromatic carbocycles. The van der Waals surface area contributed by atoms with E-state index in [2.05, 4.69) is 35.3 Å². The van der Waals surface area contributed by atoms with Crippen molar-refractivity contribution in [1.29, 1.82) is 0 Å². The second-order valence-electron chi connectivity index (χ2n) is 6.80. The molecule has 0 aliphatic heterocycles. The number of hydrogen-bond acceptors (Lipinski definition) is 3. The fraction of sp³-hybridized carbons (Fsp3) is 0.167. The van der Waals surface area contributed by atoms with Crippen molar-refractivity contribution in [2.75, 3.05) is 0 Å². The van der Waals surface area contributed by atoms with Crippen molar-refractivity contribution < 1.29 is 4.79 Å². The van der Waals surface area contributed by atoms with Gasteiger partial charge in [-0.3, -0.25) is 4.79 Å². The Morgan fingerprint density at radius 2 is 1.36 bits per heavy atom. The number of hydrogen-bond donors (Lipinski definition) is 0. The van der Waals surface area contributed by atoms with Crippen LogP contribution in [0.25, 0.3) is 10.2 Å². The van der Waals surface area contributed by atoms with Crippen molar-refractivity contribution in [2.24, 2.45) is 0 Å². The van der Waals surface area contributed by atoms with E-state index in [0.29, 0.717) is 25.9 Å². The molecule has 1 amide bonds. The average molecular weight is 387 g/mol. The quantitative estimate of drug-likeness (QED) is 0.423. The Balaban J connectivity index is 1.46. The maximum Gasteiger partial charge on any atom is 0.223 e. The molecule has 0 bridgehead atoms. The summed E-state index contributed by atoms with van der Waals surface area (Å²) < 4.78 is 1.18. The van der Waals surface area contributed by atoms with Crippen LogP contribution in [0.15, 0.2) is 84.9 Å². The van der Waals surface area contributed by atoms with Crippen LogP contribution in [0.4, 0.5) is 0 Å². The van der Waals surface area contributed by atoms with Crippen LogP contribution in [0.1, 0.15) is 22.6 Å². The van der Waals surface area contributed by atoms with Crippen molar-refractivity contribution in [3.63, 3.8) is 0 Å². The number of rotatable bonds is 7. The monoisotopic (exact) mass is 386 g/mol. The lowest BCUT2D eigenvalue weighted by atomic mass is 10.1. The van der Waals surface area contributed by atoms with Crippen LogP contribution in [0.5, 0.6) is 0 Å². The average Bonchev–Trinajstić information content (AvgIpc) is 3.16. The van der Waals surface area contributed by atoms with E-state index in [4.69, 9.17) is 0 Å². The lowest BCUT2D eigenvalue weighted by Crippen LogP contribution is -2.30. The Kier molecular flexibility index (Phi) is 5.78. The van der Waals surface area contributed by atoms with E-state index >= 15 is 0 Å². The number of para-hydroxylation sites is 1. The topological polar surface area (TPSA) is 33.2 Å². The molecule has 0 unspecified atom stereocenters. The number of aromatic nitrogens is 1. The molecule has 0 aliphatic rings. The molecule has 4 aromatic rings. The molecule has 0 spiro atoms. The maximum absolute atomic E-state index is 13.0. The zero-order chi connectivity index (χ0) is 19.2. The Morgan fingerprint density at radius 1 is 0.786 bits per heavy atom. The van der Waals surface area contributed by atoms with E-state index < -0.39 is 0 Å². The molecule has 140 valence electrons. The maximum atomic E-state index is 13.0. The van der Waals surface area contributed by atoms with Gasteiger partial charge < -0.3 is 4.90 Å². The van der Waals surface area contributed by atoms with E-state index in [1.165, 1.54) is 4.70 Å². The van der Waals surface area contributed by atoms with Gasteiger partial charge in [-0.05, 0) is 23.3 Å². The standard InChI is InChI=1S/C24H22N2OS/c27-24(16-15-23-25-21-13-7-8-14-22(21)28-23)26(17-19-9-3-1-4-10-19)18-20-11-5-2-6-12-20/h1-14H,15-18H2. The SMILES string of the molecule is O=C(CCc1nc2ccccc2s1)N(Cc1ccccc1)Cc1ccccc1. The summed E-state index contributed by atoms with van der Waals surface area (Å²) in [5, 5.41) is 1.02. The fourth-order valence-corrected chi connectivity index (χ4v) is 4.21. The van der Waals surface area contributed by atoms with Crippen LogP contribution in [0.3, 0.4) is 0 Å². The van der Waals surface area contributed by atoms with Crippen LogP contribution in [0.2, 0.25) is 0 Å². The van der Waals surface area contributed by atoms with Crippen molar-refractivity contribution in [3.8, 4) is 0 Å². The summed E-state index contributed by atoms with van der Waals surface area (Å²) in [6, 6.07) is 28.5. The Bertz CT molecular complexity index is 969. The van der Waals surface area contributed by atoms with Gasteiger partial charge in [0.05, 0.1) is 15.2 Å². The second-order valence-corrected chi connectivity index (χ2v) is 7.91. The summed E-state index contributed by atoms with van der Waals surface area (Å²) in [7, 11) is 0. The number of carbonyl (C=O) groups excluding carboxylic acids is 1. The van der Waals surface area contributed by atoms with Crippen molar-refractivity contribution in [2.45, 2.75) is 25.9 Å². The number of thiazole rings is 1. The number of aryl methyl sites for hydroxylation is 1. The fourth-order valence-electron chi connectivity index (χ4n) is 3.24. The molecule has 3 nitrogen and oxygen atoms in total. The first kappa shape index (κ1) is 18.4. The van der Waals surface area contributed by atoms with Gasteiger partial charge in [-0.1, -0.05) is 72.8 Å². The van der Waals surface area contributed by atoms with E-state index in [-0.39, 0.29) is 5.91 Å². The predicted octanol–water partition coefficient (Wildman–Crippen LogP) is 5.46. The zero-order valence-electron chi connectivity index (χ0n) is 15.6. The highest BCUT2D eigenvalue weighted by molar-refractivity contribution is 7.18. The molecular weight excluding hydrogens is 364 g/mol. The third kappa shape index (κ3) is 4.65.